The number of hydrogen-bond acceptors (Lipinski definition) is 7. The largest absolute Gasteiger partial charge is 0.494 e. The Bertz CT molecular complexity index is 1640. The van der Waals surface area contributed by atoms with Gasteiger partial charge in [-0.25, -0.2) is 4.79 Å². The summed E-state index contributed by atoms with van der Waals surface area (Å²) < 4.78 is 18.9. The van der Waals surface area contributed by atoms with Gasteiger partial charge >= 0.3 is 5.97 Å². The van der Waals surface area contributed by atoms with E-state index < -0.39 is 23.3 Å². The van der Waals surface area contributed by atoms with E-state index in [4.69, 9.17) is 14.2 Å². The smallest absolute Gasteiger partial charge is 0.339 e. The first-order chi connectivity index (χ1) is 18.8. The molecule has 8 nitrogen and oxygen atoms in total. The van der Waals surface area contributed by atoms with Gasteiger partial charge in [-0.2, -0.15) is 5.26 Å². The number of nitriles is 1. The number of carbonyl (C=O) groups is 1. The van der Waals surface area contributed by atoms with Crippen LogP contribution in [0.25, 0.3) is 16.5 Å². The van der Waals surface area contributed by atoms with E-state index in [0.717, 1.165) is 10.8 Å². The van der Waals surface area contributed by atoms with Crippen molar-refractivity contribution in [2.75, 3.05) is 13.7 Å². The van der Waals surface area contributed by atoms with E-state index in [9.17, 15) is 20.3 Å². The molecule has 6 rings (SSSR count). The van der Waals surface area contributed by atoms with E-state index in [-0.39, 0.29) is 18.4 Å². The number of benzene rings is 3. The van der Waals surface area contributed by atoms with Gasteiger partial charge in [-0.3, -0.25) is 4.57 Å². The van der Waals surface area contributed by atoms with E-state index >= 15 is 0 Å². The zero-order valence-electron chi connectivity index (χ0n) is 21.7. The molecule has 2 bridgehead atoms. The van der Waals surface area contributed by atoms with Gasteiger partial charge in [0.15, 0.2) is 6.10 Å². The lowest BCUT2D eigenvalue weighted by Crippen LogP contribution is -2.27. The highest BCUT2D eigenvalue weighted by atomic mass is 16.6. The molecule has 3 atom stereocenters. The first-order valence-corrected chi connectivity index (χ1v) is 12.9. The summed E-state index contributed by atoms with van der Waals surface area (Å²) >= 11 is 0. The van der Waals surface area contributed by atoms with Gasteiger partial charge in [-0.1, -0.05) is 54.6 Å². The van der Waals surface area contributed by atoms with Crippen molar-refractivity contribution in [1.82, 2.24) is 4.57 Å². The van der Waals surface area contributed by atoms with Gasteiger partial charge in [0, 0.05) is 24.3 Å². The molecular weight excluding hydrogens is 496 g/mol. The average molecular weight is 525 g/mol. The zero-order chi connectivity index (χ0) is 27.4. The third-order valence-electron chi connectivity index (χ3n) is 8.10. The van der Waals surface area contributed by atoms with Crippen molar-refractivity contribution in [3.8, 4) is 23.5 Å². The van der Waals surface area contributed by atoms with Gasteiger partial charge in [-0.15, -0.1) is 0 Å². The van der Waals surface area contributed by atoms with E-state index in [2.05, 4.69) is 6.07 Å². The van der Waals surface area contributed by atoms with Crippen molar-refractivity contribution in [3.63, 3.8) is 0 Å². The monoisotopic (exact) mass is 524 g/mol. The van der Waals surface area contributed by atoms with Crippen LogP contribution in [0.3, 0.4) is 0 Å². The van der Waals surface area contributed by atoms with Crippen LogP contribution in [0, 0.1) is 11.3 Å². The Labute approximate surface area is 225 Å². The molecule has 8 heteroatoms. The standard InChI is InChI=1S/C31H28N2O6/c1-30-14-15-31(39-30,16-17-38-29(36)26(37-2)19-8-4-3-5-9-19)25-24(30)27(34)33(28(25)35)23-13-12-20(18-32)21-10-6-7-11-22(21)23/h3-13,26,34-35H,14-17H2,1-2H3/t26-,30+,31+/m1/s1. The van der Waals surface area contributed by atoms with Crippen molar-refractivity contribution in [3.05, 3.63) is 89.0 Å². The van der Waals surface area contributed by atoms with Crippen molar-refractivity contribution in [1.29, 1.82) is 5.26 Å². The minimum atomic E-state index is -0.922. The van der Waals surface area contributed by atoms with Crippen LogP contribution in [0.15, 0.2) is 66.7 Å². The fraction of sp³-hybridized carbons (Fsp3) is 0.290. The molecule has 1 saturated heterocycles. The second-order valence-corrected chi connectivity index (χ2v) is 10.3. The molecule has 2 aliphatic heterocycles. The highest BCUT2D eigenvalue weighted by Crippen LogP contribution is 2.65. The molecule has 0 amide bonds. The van der Waals surface area contributed by atoms with Crippen LogP contribution in [0.1, 0.15) is 54.5 Å². The van der Waals surface area contributed by atoms with Crippen LogP contribution < -0.4 is 0 Å². The summed E-state index contributed by atoms with van der Waals surface area (Å²) in [6.45, 7) is 1.95. The minimum absolute atomic E-state index is 0.0478. The molecule has 4 aromatic rings. The number of hydrogen-bond donors (Lipinski definition) is 2. The molecule has 0 saturated carbocycles. The van der Waals surface area contributed by atoms with Crippen molar-refractivity contribution in [2.45, 2.75) is 43.5 Å². The molecule has 1 fully saturated rings. The van der Waals surface area contributed by atoms with Gasteiger partial charge in [0.1, 0.15) is 5.60 Å². The number of nitrogens with zero attached hydrogens (tertiary/aromatic N) is 2. The Kier molecular flexibility index (Phi) is 5.87. The number of fused-ring (bicyclic) bond motifs is 6. The topological polar surface area (TPSA) is 114 Å². The van der Waals surface area contributed by atoms with E-state index in [0.29, 0.717) is 47.2 Å². The van der Waals surface area contributed by atoms with Crippen LogP contribution in [-0.2, 0) is 30.2 Å². The minimum Gasteiger partial charge on any atom is -0.494 e. The second kappa shape index (κ2) is 9.16. The normalized spacial score (nSPS) is 22.0. The summed E-state index contributed by atoms with van der Waals surface area (Å²) in [7, 11) is 1.46. The highest BCUT2D eigenvalue weighted by molar-refractivity contribution is 5.95. The van der Waals surface area contributed by atoms with E-state index in [1.165, 1.54) is 11.7 Å². The lowest BCUT2D eigenvalue weighted by molar-refractivity contribution is -0.158. The Morgan fingerprint density at radius 3 is 2.44 bits per heavy atom. The number of esters is 1. The third-order valence-corrected chi connectivity index (χ3v) is 8.10. The van der Waals surface area contributed by atoms with Crippen LogP contribution in [0.5, 0.6) is 11.8 Å². The number of ether oxygens (including phenoxy) is 3. The number of carbonyl (C=O) groups excluding carboxylic acids is 1. The molecule has 0 spiro atoms. The maximum atomic E-state index is 12.8. The summed E-state index contributed by atoms with van der Waals surface area (Å²) in [5, 5.41) is 34.1. The van der Waals surface area contributed by atoms with Crippen molar-refractivity contribution >= 4 is 16.7 Å². The lowest BCUT2D eigenvalue weighted by Gasteiger charge is -2.26. The SMILES string of the molecule is CO[C@@H](C(=O)OCC[C@]12CC[C@](C)(O1)c1c2c(O)n(-c2ccc(C#N)c3ccccc23)c1O)c1ccccc1. The molecular formula is C31H28N2O6. The summed E-state index contributed by atoms with van der Waals surface area (Å²) in [4.78, 5) is 12.8. The molecule has 2 aliphatic rings. The lowest BCUT2D eigenvalue weighted by atomic mass is 9.78. The van der Waals surface area contributed by atoms with Crippen LogP contribution >= 0.6 is 0 Å². The Morgan fingerprint density at radius 2 is 1.72 bits per heavy atom. The van der Waals surface area contributed by atoms with E-state index in [1.807, 2.05) is 49.4 Å². The van der Waals surface area contributed by atoms with Crippen LogP contribution in [-0.4, -0.2) is 34.5 Å². The van der Waals surface area contributed by atoms with E-state index in [1.54, 1.807) is 24.3 Å². The number of methoxy groups -OCH3 is 1. The number of rotatable bonds is 7. The zero-order valence-corrected chi connectivity index (χ0v) is 21.7. The summed E-state index contributed by atoms with van der Waals surface area (Å²) in [6.07, 6.45) is 0.702. The van der Waals surface area contributed by atoms with Crippen molar-refractivity contribution < 1.29 is 29.2 Å². The third kappa shape index (κ3) is 3.69. The van der Waals surface area contributed by atoms with Crippen LogP contribution in [0.2, 0.25) is 0 Å². The van der Waals surface area contributed by atoms with Gasteiger partial charge in [-0.05, 0) is 37.5 Å². The fourth-order valence-corrected chi connectivity index (χ4v) is 6.30. The molecule has 3 heterocycles. The first-order valence-electron chi connectivity index (χ1n) is 12.9. The maximum Gasteiger partial charge on any atom is 0.339 e. The fourth-order valence-electron chi connectivity index (χ4n) is 6.30. The van der Waals surface area contributed by atoms with Crippen LogP contribution in [0.4, 0.5) is 0 Å². The van der Waals surface area contributed by atoms with Gasteiger partial charge in [0.05, 0.1) is 40.7 Å². The molecule has 3 aromatic carbocycles. The highest BCUT2D eigenvalue weighted by Gasteiger charge is 2.61. The molecule has 0 radical (unpaired) electrons. The summed E-state index contributed by atoms with van der Waals surface area (Å²) in [5.41, 5.74) is 1.11. The Balaban J connectivity index is 1.34. The van der Waals surface area contributed by atoms with Gasteiger partial charge in [0.25, 0.3) is 0 Å². The predicted molar refractivity (Wildman–Crippen MR) is 142 cm³/mol. The number of aromatic nitrogens is 1. The molecule has 39 heavy (non-hydrogen) atoms. The maximum absolute atomic E-state index is 12.8. The summed E-state index contributed by atoms with van der Waals surface area (Å²) in [5.74, 6) is -0.721. The Morgan fingerprint density at radius 1 is 1.03 bits per heavy atom. The van der Waals surface area contributed by atoms with Gasteiger partial charge in [0.2, 0.25) is 11.8 Å². The number of aromatic hydroxyl groups is 2. The van der Waals surface area contributed by atoms with Crippen molar-refractivity contribution in [2.24, 2.45) is 0 Å². The molecule has 0 unspecified atom stereocenters. The average Bonchev–Trinajstić information content (AvgIpc) is 3.53. The Hall–Kier alpha value is -4.32. The molecule has 1 aromatic heterocycles. The molecule has 198 valence electrons. The molecule has 2 N–H and O–H groups in total. The quantitative estimate of drug-likeness (QED) is 0.308. The second-order valence-electron chi connectivity index (χ2n) is 10.3. The summed E-state index contributed by atoms with van der Waals surface area (Å²) in [6, 6.07) is 22.1. The molecule has 0 aliphatic carbocycles. The predicted octanol–water partition coefficient (Wildman–Crippen LogP) is 5.47. The van der Waals surface area contributed by atoms with Gasteiger partial charge < -0.3 is 24.4 Å². The first kappa shape index (κ1) is 25.0.